The molecule has 0 aromatic heterocycles. The van der Waals surface area contributed by atoms with Crippen molar-refractivity contribution in [3.05, 3.63) is 35.4 Å². The van der Waals surface area contributed by atoms with Crippen LogP contribution in [0.1, 0.15) is 108 Å². The molecule has 0 radical (unpaired) electrons. The summed E-state index contributed by atoms with van der Waals surface area (Å²) in [4.78, 5) is 32.0. The fraction of sp³-hybridized carbons (Fsp3) is 0.654. The lowest BCUT2D eigenvalue weighted by Gasteiger charge is -2.47. The van der Waals surface area contributed by atoms with Crippen molar-refractivity contribution < 1.29 is 14.7 Å². The lowest BCUT2D eigenvalue weighted by Crippen LogP contribution is -2.51. The van der Waals surface area contributed by atoms with Gasteiger partial charge in [-0.25, -0.2) is 4.79 Å². The Morgan fingerprint density at radius 3 is 2.29 bits per heavy atom. The maximum Gasteiger partial charge on any atom is 0.335 e. The van der Waals surface area contributed by atoms with E-state index in [0.29, 0.717) is 18.1 Å². The number of amides is 1. The Morgan fingerprint density at radius 2 is 1.81 bits per heavy atom. The van der Waals surface area contributed by atoms with Gasteiger partial charge in [-0.15, -0.1) is 0 Å². The van der Waals surface area contributed by atoms with Crippen molar-refractivity contribution in [1.82, 2.24) is 4.90 Å². The van der Waals surface area contributed by atoms with Crippen LogP contribution < -0.4 is 0 Å². The number of carbonyl (C=O) groups excluding carboxylic acids is 1. The van der Waals surface area contributed by atoms with Crippen LogP contribution in [0.5, 0.6) is 0 Å². The summed E-state index contributed by atoms with van der Waals surface area (Å²) in [5.74, 6) is -0.220. The smallest absolute Gasteiger partial charge is 0.335 e. The molecule has 1 aliphatic heterocycles. The molecule has 1 N–H and O–H groups in total. The van der Waals surface area contributed by atoms with Crippen LogP contribution in [0.15, 0.2) is 29.3 Å². The average molecular weight is 427 g/mol. The highest BCUT2D eigenvalue weighted by molar-refractivity contribution is 6.40. The largest absolute Gasteiger partial charge is 0.478 e. The Balaban J connectivity index is 1.97. The predicted octanol–water partition coefficient (Wildman–Crippen LogP) is 6.24. The molecule has 5 nitrogen and oxygen atoms in total. The fourth-order valence-corrected chi connectivity index (χ4v) is 5.33. The third-order valence-corrected chi connectivity index (χ3v) is 7.29. The van der Waals surface area contributed by atoms with Crippen LogP contribution in [0.2, 0.25) is 0 Å². The number of carbonyl (C=O) groups is 2. The minimum absolute atomic E-state index is 0.0696. The molecule has 0 saturated heterocycles. The molecule has 1 aliphatic carbocycles. The van der Waals surface area contributed by atoms with Gasteiger partial charge in [0.1, 0.15) is 11.4 Å². The maximum atomic E-state index is 13.5. The molecule has 1 fully saturated rings. The summed E-state index contributed by atoms with van der Waals surface area (Å²) >= 11 is 0. The van der Waals surface area contributed by atoms with E-state index < -0.39 is 11.6 Å². The van der Waals surface area contributed by atoms with E-state index in [9.17, 15) is 14.7 Å². The van der Waals surface area contributed by atoms with Crippen molar-refractivity contribution in [3.63, 3.8) is 0 Å². The Morgan fingerprint density at radius 1 is 1.19 bits per heavy atom. The molecule has 1 atom stereocenters. The Hall–Kier alpha value is -2.17. The third kappa shape index (κ3) is 4.70. The van der Waals surface area contributed by atoms with Crippen molar-refractivity contribution in [2.24, 2.45) is 16.3 Å². The van der Waals surface area contributed by atoms with E-state index >= 15 is 0 Å². The van der Waals surface area contributed by atoms with E-state index in [0.717, 1.165) is 50.5 Å². The van der Waals surface area contributed by atoms with Crippen molar-refractivity contribution >= 4 is 17.6 Å². The van der Waals surface area contributed by atoms with Gasteiger partial charge in [0.05, 0.1) is 11.6 Å². The second-order valence-corrected chi connectivity index (χ2v) is 10.3. The number of nitrogens with zero attached hydrogens (tertiary/aromatic N) is 2. The van der Waals surface area contributed by atoms with E-state index in [4.69, 9.17) is 4.99 Å². The van der Waals surface area contributed by atoms with Crippen LogP contribution in [-0.4, -0.2) is 33.3 Å². The zero-order valence-corrected chi connectivity index (χ0v) is 19.8. The average Bonchev–Trinajstić information content (AvgIpc) is 3.00. The number of benzene rings is 1. The highest BCUT2D eigenvalue weighted by Crippen LogP contribution is 2.49. The number of unbranched alkanes of at least 4 members (excludes halogenated alkanes) is 1. The molecular formula is C26H38N2O3. The second kappa shape index (κ2) is 9.13. The molecular weight excluding hydrogens is 388 g/mol. The van der Waals surface area contributed by atoms with Gasteiger partial charge < -0.3 is 10.0 Å². The first-order valence-electron chi connectivity index (χ1n) is 11.9. The van der Waals surface area contributed by atoms with Gasteiger partial charge in [0.25, 0.3) is 5.91 Å². The van der Waals surface area contributed by atoms with Crippen molar-refractivity contribution in [2.75, 3.05) is 0 Å². The number of hydrogen-bond donors (Lipinski definition) is 1. The van der Waals surface area contributed by atoms with E-state index in [1.54, 1.807) is 12.1 Å². The van der Waals surface area contributed by atoms with Gasteiger partial charge in [-0.1, -0.05) is 59.6 Å². The maximum absolute atomic E-state index is 13.5. The number of carboxylic acids is 1. The molecule has 0 unspecified atom stereocenters. The lowest BCUT2D eigenvalue weighted by atomic mass is 9.69. The fourth-order valence-electron chi connectivity index (χ4n) is 5.33. The summed E-state index contributed by atoms with van der Waals surface area (Å²) in [5.41, 5.74) is 1.79. The van der Waals surface area contributed by atoms with Gasteiger partial charge in [-0.3, -0.25) is 9.79 Å². The van der Waals surface area contributed by atoms with Gasteiger partial charge >= 0.3 is 5.97 Å². The Labute approximate surface area is 186 Å². The van der Waals surface area contributed by atoms with Gasteiger partial charge in [0, 0.05) is 0 Å². The van der Waals surface area contributed by atoms with E-state index in [1.165, 1.54) is 0 Å². The summed E-state index contributed by atoms with van der Waals surface area (Å²) in [6, 6.07) is 7.00. The number of carboxylic acid groups (broad SMARTS) is 1. The van der Waals surface area contributed by atoms with Crippen molar-refractivity contribution in [3.8, 4) is 0 Å². The molecule has 5 heteroatoms. The van der Waals surface area contributed by atoms with E-state index in [1.807, 2.05) is 19.1 Å². The molecule has 1 amide bonds. The van der Waals surface area contributed by atoms with Gasteiger partial charge in [0.15, 0.2) is 0 Å². The zero-order valence-electron chi connectivity index (χ0n) is 19.8. The summed E-state index contributed by atoms with van der Waals surface area (Å²) in [6.07, 6.45) is 7.53. The van der Waals surface area contributed by atoms with Gasteiger partial charge in [-0.2, -0.15) is 0 Å². The normalized spacial score (nSPS) is 25.1. The van der Waals surface area contributed by atoms with Crippen LogP contribution in [-0.2, 0) is 4.79 Å². The summed E-state index contributed by atoms with van der Waals surface area (Å²) in [6.45, 7) is 11.1. The minimum Gasteiger partial charge on any atom is -0.478 e. The quantitative estimate of drug-likeness (QED) is 0.561. The van der Waals surface area contributed by atoms with Crippen molar-refractivity contribution in [1.29, 1.82) is 0 Å². The predicted molar refractivity (Wildman–Crippen MR) is 124 cm³/mol. The molecule has 0 bridgehead atoms. The summed E-state index contributed by atoms with van der Waals surface area (Å²) in [5, 5.41) is 9.28. The van der Waals surface area contributed by atoms with E-state index in [2.05, 4.69) is 32.6 Å². The zero-order chi connectivity index (χ0) is 22.8. The number of aromatic carboxylic acids is 1. The molecule has 1 aromatic carbocycles. The molecule has 3 rings (SSSR count). The number of aliphatic imine (C=N–C) groups is 1. The molecule has 2 aliphatic rings. The van der Waals surface area contributed by atoms with Crippen molar-refractivity contribution in [2.45, 2.75) is 97.7 Å². The number of hydrogen-bond acceptors (Lipinski definition) is 3. The topological polar surface area (TPSA) is 70.0 Å². The van der Waals surface area contributed by atoms with Gasteiger partial charge in [0.2, 0.25) is 0 Å². The van der Waals surface area contributed by atoms with Crippen LogP contribution in [0, 0.1) is 11.3 Å². The standard InChI is InChI=1S/C26H38N2O3/c1-6-8-9-22(18-10-12-19(13-11-18)24(30)31)28-23(29)21(7-2)27-26(28)16-14-20(15-17-26)25(3,4)5/h10-13,20,22H,6-9,14-17H2,1-5H3,(H,30,31)/t20?,22-,26?/m1/s1. The molecule has 1 aromatic rings. The Kier molecular flexibility index (Phi) is 6.92. The van der Waals surface area contributed by atoms with Crippen LogP contribution in [0.4, 0.5) is 0 Å². The first kappa shape index (κ1) is 23.5. The highest BCUT2D eigenvalue weighted by atomic mass is 16.4. The highest BCUT2D eigenvalue weighted by Gasteiger charge is 2.51. The van der Waals surface area contributed by atoms with Crippen LogP contribution >= 0.6 is 0 Å². The lowest BCUT2D eigenvalue weighted by molar-refractivity contribution is -0.134. The minimum atomic E-state index is -0.928. The first-order chi connectivity index (χ1) is 14.6. The number of rotatable bonds is 7. The molecule has 1 saturated carbocycles. The molecule has 1 heterocycles. The second-order valence-electron chi connectivity index (χ2n) is 10.3. The Bertz CT molecular complexity index is 827. The van der Waals surface area contributed by atoms with E-state index in [-0.39, 0.29) is 22.9 Å². The van der Waals surface area contributed by atoms with Crippen LogP contribution in [0.3, 0.4) is 0 Å². The van der Waals surface area contributed by atoms with Gasteiger partial charge in [-0.05, 0) is 67.6 Å². The molecule has 31 heavy (non-hydrogen) atoms. The third-order valence-electron chi connectivity index (χ3n) is 7.29. The summed E-state index contributed by atoms with van der Waals surface area (Å²) < 4.78 is 0. The summed E-state index contributed by atoms with van der Waals surface area (Å²) in [7, 11) is 0. The first-order valence-corrected chi connectivity index (χ1v) is 11.9. The monoisotopic (exact) mass is 426 g/mol. The molecule has 170 valence electrons. The molecule has 1 spiro atoms. The SMILES string of the molecule is CCCC[C@H](c1ccc(C(=O)O)cc1)N1C(=O)C(CC)=NC12CCC(C(C)(C)C)CC2. The van der Waals surface area contributed by atoms with Crippen LogP contribution in [0.25, 0.3) is 0 Å².